The van der Waals surface area contributed by atoms with Crippen molar-refractivity contribution in [3.63, 3.8) is 0 Å². The van der Waals surface area contributed by atoms with Crippen LogP contribution in [0.5, 0.6) is 0 Å². The molecule has 1 heterocycles. The van der Waals surface area contributed by atoms with E-state index in [1.54, 1.807) is 0 Å². The molecular formula is C14H22O4. The van der Waals surface area contributed by atoms with Crippen LogP contribution >= 0.6 is 0 Å². The first kappa shape index (κ1) is 14.7. The van der Waals surface area contributed by atoms with Crippen LogP contribution in [0, 0.1) is 10.8 Å². The number of esters is 2. The molecule has 0 aromatic heterocycles. The van der Waals surface area contributed by atoms with E-state index in [-0.39, 0.29) is 11.4 Å². The Morgan fingerprint density at radius 2 is 2.00 bits per heavy atom. The maximum atomic E-state index is 12.3. The molecule has 2 unspecified atom stereocenters. The van der Waals surface area contributed by atoms with E-state index in [1.807, 2.05) is 46.8 Å². The second kappa shape index (κ2) is 5.12. The van der Waals surface area contributed by atoms with Crippen LogP contribution < -0.4 is 0 Å². The molecule has 0 N–H and O–H groups in total. The number of rotatable bonds is 3. The van der Waals surface area contributed by atoms with Crippen LogP contribution in [0.25, 0.3) is 0 Å². The maximum Gasteiger partial charge on any atom is 0.347 e. The lowest BCUT2D eigenvalue weighted by Gasteiger charge is -2.37. The fourth-order valence-corrected chi connectivity index (χ4v) is 1.79. The van der Waals surface area contributed by atoms with Gasteiger partial charge in [0.15, 0.2) is 0 Å². The zero-order valence-corrected chi connectivity index (χ0v) is 11.8. The Bertz CT molecular complexity index is 364. The lowest BCUT2D eigenvalue weighted by atomic mass is 9.67. The summed E-state index contributed by atoms with van der Waals surface area (Å²) in [7, 11) is 0. The van der Waals surface area contributed by atoms with Gasteiger partial charge in [0.25, 0.3) is 0 Å². The molecule has 4 nitrogen and oxygen atoms in total. The molecule has 1 aliphatic rings. The highest BCUT2D eigenvalue weighted by Gasteiger charge is 2.45. The fourth-order valence-electron chi connectivity index (χ4n) is 1.79. The van der Waals surface area contributed by atoms with Crippen molar-refractivity contribution in [1.29, 1.82) is 0 Å². The first-order valence-electron chi connectivity index (χ1n) is 6.24. The second-order valence-electron chi connectivity index (χ2n) is 5.80. The van der Waals surface area contributed by atoms with Gasteiger partial charge in [0.05, 0.1) is 12.0 Å². The summed E-state index contributed by atoms with van der Waals surface area (Å²) in [6.07, 6.45) is 3.36. The Hall–Kier alpha value is -1.32. The first-order chi connectivity index (χ1) is 8.22. The van der Waals surface area contributed by atoms with Crippen molar-refractivity contribution in [2.75, 3.05) is 6.61 Å². The minimum Gasteiger partial charge on any atom is -0.463 e. The maximum absolute atomic E-state index is 12.3. The molecule has 1 aliphatic heterocycles. The highest BCUT2D eigenvalue weighted by molar-refractivity contribution is 5.84. The molecule has 0 radical (unpaired) electrons. The first-order valence-corrected chi connectivity index (χ1v) is 6.24. The summed E-state index contributed by atoms with van der Waals surface area (Å²) in [6.45, 7) is 9.94. The van der Waals surface area contributed by atoms with Crippen molar-refractivity contribution in [1.82, 2.24) is 0 Å². The Kier molecular flexibility index (Phi) is 4.20. The Labute approximate surface area is 108 Å². The molecule has 1 saturated heterocycles. The van der Waals surface area contributed by atoms with E-state index < -0.39 is 17.5 Å². The standard InChI is InChI=1S/C14H22O4/c1-6-8-14(5,13(2,3)4)12(16)18-10-7-9-17-11(10)15/h6,8,10H,7,9H2,1-5H3. The summed E-state index contributed by atoms with van der Waals surface area (Å²) in [4.78, 5) is 23.6. The molecular weight excluding hydrogens is 232 g/mol. The second-order valence-corrected chi connectivity index (χ2v) is 5.80. The SMILES string of the molecule is CC=CC(C)(C(=O)OC1CCOC1=O)C(C)(C)C. The van der Waals surface area contributed by atoms with Gasteiger partial charge in [-0.25, -0.2) is 4.79 Å². The number of ether oxygens (including phenoxy) is 2. The lowest BCUT2D eigenvalue weighted by Crippen LogP contribution is -2.42. The van der Waals surface area contributed by atoms with Crippen molar-refractivity contribution in [2.45, 2.75) is 47.1 Å². The number of hydrogen-bond acceptors (Lipinski definition) is 4. The van der Waals surface area contributed by atoms with Crippen LogP contribution in [0.4, 0.5) is 0 Å². The average molecular weight is 254 g/mol. The average Bonchev–Trinajstić information content (AvgIpc) is 2.63. The summed E-state index contributed by atoms with van der Waals surface area (Å²) in [6, 6.07) is 0. The molecule has 4 heteroatoms. The molecule has 1 rings (SSSR count). The summed E-state index contributed by atoms with van der Waals surface area (Å²) in [5.74, 6) is -0.822. The zero-order valence-electron chi connectivity index (χ0n) is 11.8. The summed E-state index contributed by atoms with van der Waals surface area (Å²) in [5.41, 5.74) is -1.05. The lowest BCUT2D eigenvalue weighted by molar-refractivity contribution is -0.169. The molecule has 0 aliphatic carbocycles. The summed E-state index contributed by atoms with van der Waals surface area (Å²) < 4.78 is 10.1. The molecule has 18 heavy (non-hydrogen) atoms. The smallest absolute Gasteiger partial charge is 0.347 e. The van der Waals surface area contributed by atoms with E-state index in [0.29, 0.717) is 13.0 Å². The normalized spacial score (nSPS) is 23.8. The van der Waals surface area contributed by atoms with E-state index in [0.717, 1.165) is 0 Å². The Balaban J connectivity index is 2.87. The van der Waals surface area contributed by atoms with Crippen molar-refractivity contribution >= 4 is 11.9 Å². The number of carbonyl (C=O) groups is 2. The third-order valence-electron chi connectivity index (χ3n) is 3.62. The Morgan fingerprint density at radius 1 is 1.39 bits per heavy atom. The van der Waals surface area contributed by atoms with Crippen LogP contribution in [-0.2, 0) is 19.1 Å². The van der Waals surface area contributed by atoms with Crippen LogP contribution in [-0.4, -0.2) is 24.6 Å². The number of cyclic esters (lactones) is 1. The Morgan fingerprint density at radius 3 is 2.39 bits per heavy atom. The van der Waals surface area contributed by atoms with Crippen LogP contribution in [0.15, 0.2) is 12.2 Å². The van der Waals surface area contributed by atoms with Crippen LogP contribution in [0.2, 0.25) is 0 Å². The number of hydrogen-bond donors (Lipinski definition) is 0. The third kappa shape index (κ3) is 2.74. The van der Waals surface area contributed by atoms with Gasteiger partial charge in [0.1, 0.15) is 0 Å². The molecule has 0 spiro atoms. The predicted molar refractivity (Wildman–Crippen MR) is 67.8 cm³/mol. The third-order valence-corrected chi connectivity index (χ3v) is 3.62. The molecule has 0 amide bonds. The van der Waals surface area contributed by atoms with E-state index in [1.165, 1.54) is 0 Å². The van der Waals surface area contributed by atoms with Gasteiger partial charge < -0.3 is 9.47 Å². The van der Waals surface area contributed by atoms with Gasteiger partial charge in [0, 0.05) is 6.42 Å². The number of allylic oxidation sites excluding steroid dienone is 1. The van der Waals surface area contributed by atoms with Gasteiger partial charge in [-0.15, -0.1) is 0 Å². The van der Waals surface area contributed by atoms with Crippen LogP contribution in [0.1, 0.15) is 41.0 Å². The molecule has 2 atom stereocenters. The minimum absolute atomic E-state index is 0.293. The van der Waals surface area contributed by atoms with E-state index in [9.17, 15) is 9.59 Å². The van der Waals surface area contributed by atoms with Crippen molar-refractivity contribution in [2.24, 2.45) is 10.8 Å². The molecule has 1 fully saturated rings. The van der Waals surface area contributed by atoms with E-state index in [4.69, 9.17) is 9.47 Å². The van der Waals surface area contributed by atoms with Crippen molar-refractivity contribution in [3.8, 4) is 0 Å². The van der Waals surface area contributed by atoms with Gasteiger partial charge in [-0.2, -0.15) is 0 Å². The molecule has 102 valence electrons. The highest BCUT2D eigenvalue weighted by atomic mass is 16.6. The summed E-state index contributed by atoms with van der Waals surface area (Å²) >= 11 is 0. The molecule has 0 aromatic carbocycles. The largest absolute Gasteiger partial charge is 0.463 e. The van der Waals surface area contributed by atoms with Crippen molar-refractivity contribution < 1.29 is 19.1 Å². The fraction of sp³-hybridized carbons (Fsp3) is 0.714. The van der Waals surface area contributed by atoms with E-state index >= 15 is 0 Å². The highest BCUT2D eigenvalue weighted by Crippen LogP contribution is 2.41. The van der Waals surface area contributed by atoms with Gasteiger partial charge >= 0.3 is 11.9 Å². The van der Waals surface area contributed by atoms with Gasteiger partial charge in [-0.3, -0.25) is 4.79 Å². The van der Waals surface area contributed by atoms with Gasteiger partial charge in [0.2, 0.25) is 6.10 Å². The van der Waals surface area contributed by atoms with Gasteiger partial charge in [-0.05, 0) is 19.3 Å². The van der Waals surface area contributed by atoms with Crippen molar-refractivity contribution in [3.05, 3.63) is 12.2 Å². The predicted octanol–water partition coefficient (Wildman–Crippen LogP) is 2.47. The zero-order chi connectivity index (χ0) is 14.0. The molecule has 0 saturated carbocycles. The quantitative estimate of drug-likeness (QED) is 0.573. The molecule has 0 bridgehead atoms. The topological polar surface area (TPSA) is 52.6 Å². The monoisotopic (exact) mass is 254 g/mol. The van der Waals surface area contributed by atoms with Gasteiger partial charge in [-0.1, -0.05) is 32.9 Å². The van der Waals surface area contributed by atoms with E-state index in [2.05, 4.69) is 0 Å². The molecule has 0 aromatic rings. The summed E-state index contributed by atoms with van der Waals surface area (Å²) in [5, 5.41) is 0. The number of carbonyl (C=O) groups excluding carboxylic acids is 2. The minimum atomic E-state index is -0.759. The van der Waals surface area contributed by atoms with Crippen LogP contribution in [0.3, 0.4) is 0 Å².